The molecular formula is C19H18N4OS4. The maximum absolute atomic E-state index is 13.1. The van der Waals surface area contributed by atoms with E-state index in [0.29, 0.717) is 30.8 Å². The summed E-state index contributed by atoms with van der Waals surface area (Å²) in [7, 11) is 0. The van der Waals surface area contributed by atoms with Gasteiger partial charge < -0.3 is 4.90 Å². The number of hydrogen-bond donors (Lipinski definition) is 1. The SMILES string of the molecule is O=C(CCn1c(-c2cccs2)n[nH]c1=S)N(Cc1cccs1)Cc1cccs1. The van der Waals surface area contributed by atoms with Crippen LogP contribution in [0.15, 0.2) is 52.5 Å². The van der Waals surface area contributed by atoms with Crippen molar-refractivity contribution in [2.45, 2.75) is 26.1 Å². The summed E-state index contributed by atoms with van der Waals surface area (Å²) in [5.74, 6) is 0.901. The van der Waals surface area contributed by atoms with Crippen LogP contribution in [-0.4, -0.2) is 25.6 Å². The third kappa shape index (κ3) is 4.49. The van der Waals surface area contributed by atoms with Gasteiger partial charge in [-0.05, 0) is 46.6 Å². The number of H-pyrrole nitrogens is 1. The lowest BCUT2D eigenvalue weighted by Crippen LogP contribution is -2.30. The topological polar surface area (TPSA) is 53.9 Å². The Morgan fingerprint density at radius 1 is 1.04 bits per heavy atom. The summed E-state index contributed by atoms with van der Waals surface area (Å²) in [4.78, 5) is 18.4. The van der Waals surface area contributed by atoms with Gasteiger partial charge in [-0.15, -0.1) is 34.0 Å². The van der Waals surface area contributed by atoms with Crippen molar-refractivity contribution >= 4 is 52.1 Å². The zero-order valence-corrected chi connectivity index (χ0v) is 18.2. The first kappa shape index (κ1) is 19.3. The number of amides is 1. The van der Waals surface area contributed by atoms with E-state index in [9.17, 15) is 4.79 Å². The number of nitrogens with zero attached hydrogens (tertiary/aromatic N) is 3. The van der Waals surface area contributed by atoms with Crippen molar-refractivity contribution in [1.82, 2.24) is 19.7 Å². The van der Waals surface area contributed by atoms with Gasteiger partial charge in [-0.3, -0.25) is 14.5 Å². The number of hydrogen-bond acceptors (Lipinski definition) is 6. The van der Waals surface area contributed by atoms with E-state index < -0.39 is 0 Å². The maximum Gasteiger partial charge on any atom is 0.225 e. The van der Waals surface area contributed by atoms with Crippen LogP contribution in [0.5, 0.6) is 0 Å². The molecule has 0 radical (unpaired) electrons. The molecule has 4 aromatic heterocycles. The second-order valence-electron chi connectivity index (χ2n) is 6.14. The molecule has 0 fully saturated rings. The molecule has 4 heterocycles. The zero-order valence-electron chi connectivity index (χ0n) is 14.9. The molecule has 0 aliphatic rings. The summed E-state index contributed by atoms with van der Waals surface area (Å²) in [6.45, 7) is 1.76. The average molecular weight is 447 g/mol. The van der Waals surface area contributed by atoms with Crippen LogP contribution in [0.2, 0.25) is 0 Å². The second kappa shape index (κ2) is 8.95. The van der Waals surface area contributed by atoms with Crippen molar-refractivity contribution in [2.75, 3.05) is 0 Å². The Labute approximate surface area is 179 Å². The van der Waals surface area contributed by atoms with Crippen molar-refractivity contribution in [3.63, 3.8) is 0 Å². The second-order valence-corrected chi connectivity index (χ2v) is 9.54. The summed E-state index contributed by atoms with van der Waals surface area (Å²) in [6.07, 6.45) is 0.378. The summed E-state index contributed by atoms with van der Waals surface area (Å²) in [5.41, 5.74) is 0. The van der Waals surface area contributed by atoms with E-state index in [-0.39, 0.29) is 5.91 Å². The predicted octanol–water partition coefficient (Wildman–Crippen LogP) is 5.41. The van der Waals surface area contributed by atoms with Crippen LogP contribution < -0.4 is 0 Å². The normalized spacial score (nSPS) is 11.0. The maximum atomic E-state index is 13.1. The molecule has 4 rings (SSSR count). The number of carbonyl (C=O) groups excluding carboxylic acids is 1. The Morgan fingerprint density at radius 3 is 2.25 bits per heavy atom. The van der Waals surface area contributed by atoms with Crippen molar-refractivity contribution in [3.8, 4) is 10.7 Å². The highest BCUT2D eigenvalue weighted by atomic mass is 32.1. The highest BCUT2D eigenvalue weighted by molar-refractivity contribution is 7.71. The Bertz CT molecular complexity index is 1030. The number of nitrogens with one attached hydrogen (secondary N) is 1. The Hall–Kier alpha value is -2.07. The number of aromatic nitrogens is 3. The van der Waals surface area contributed by atoms with Gasteiger partial charge in [0.1, 0.15) is 0 Å². The van der Waals surface area contributed by atoms with Gasteiger partial charge in [0.05, 0.1) is 18.0 Å². The monoisotopic (exact) mass is 446 g/mol. The first-order chi connectivity index (χ1) is 13.7. The standard InChI is InChI=1S/C19H18N4OS4/c24-17(7-8-23-18(20-21-19(23)25)16-6-3-11-28-16)22(12-14-4-1-9-26-14)13-15-5-2-10-27-15/h1-6,9-11H,7-8,12-13H2,(H,21,25). The van der Waals surface area contributed by atoms with Crippen LogP contribution in [0, 0.1) is 4.77 Å². The minimum atomic E-state index is 0.113. The Balaban J connectivity index is 1.49. The predicted molar refractivity (Wildman–Crippen MR) is 118 cm³/mol. The molecule has 1 amide bonds. The van der Waals surface area contributed by atoms with E-state index in [4.69, 9.17) is 12.2 Å². The highest BCUT2D eigenvalue weighted by Gasteiger charge is 2.17. The lowest BCUT2D eigenvalue weighted by molar-refractivity contribution is -0.132. The van der Waals surface area contributed by atoms with E-state index in [1.54, 1.807) is 34.0 Å². The summed E-state index contributed by atoms with van der Waals surface area (Å²) in [6, 6.07) is 12.2. The number of thiophene rings is 3. The van der Waals surface area contributed by atoms with Crippen LogP contribution >= 0.6 is 46.2 Å². The minimum absolute atomic E-state index is 0.113. The molecular weight excluding hydrogens is 429 g/mol. The molecule has 0 aliphatic carbocycles. The van der Waals surface area contributed by atoms with Crippen molar-refractivity contribution in [2.24, 2.45) is 0 Å². The highest BCUT2D eigenvalue weighted by Crippen LogP contribution is 2.23. The lowest BCUT2D eigenvalue weighted by atomic mass is 10.3. The largest absolute Gasteiger partial charge is 0.332 e. The van der Waals surface area contributed by atoms with E-state index in [0.717, 1.165) is 10.7 Å². The molecule has 0 spiro atoms. The number of carbonyl (C=O) groups is 1. The summed E-state index contributed by atoms with van der Waals surface area (Å²) >= 11 is 10.3. The van der Waals surface area contributed by atoms with Crippen LogP contribution in [-0.2, 0) is 24.4 Å². The van der Waals surface area contributed by atoms with Gasteiger partial charge in [0.25, 0.3) is 0 Å². The molecule has 4 aromatic rings. The average Bonchev–Trinajstić information content (AvgIpc) is 3.47. The molecule has 28 heavy (non-hydrogen) atoms. The lowest BCUT2D eigenvalue weighted by Gasteiger charge is -2.22. The molecule has 0 atom stereocenters. The molecule has 0 aromatic carbocycles. The fourth-order valence-electron chi connectivity index (χ4n) is 2.90. The molecule has 0 saturated carbocycles. The molecule has 9 heteroatoms. The van der Waals surface area contributed by atoms with Gasteiger partial charge in [0.15, 0.2) is 10.6 Å². The molecule has 5 nitrogen and oxygen atoms in total. The zero-order chi connectivity index (χ0) is 19.3. The number of rotatable bonds is 8. The van der Waals surface area contributed by atoms with Crippen LogP contribution in [0.3, 0.4) is 0 Å². The first-order valence-electron chi connectivity index (χ1n) is 8.72. The van der Waals surface area contributed by atoms with E-state index in [2.05, 4.69) is 22.3 Å². The van der Waals surface area contributed by atoms with E-state index in [1.165, 1.54) is 9.75 Å². The van der Waals surface area contributed by atoms with Gasteiger partial charge >= 0.3 is 0 Å². The van der Waals surface area contributed by atoms with Crippen LogP contribution in [0.25, 0.3) is 10.7 Å². The molecule has 144 valence electrons. The number of aromatic amines is 1. The van der Waals surface area contributed by atoms with Gasteiger partial charge in [0.2, 0.25) is 5.91 Å². The summed E-state index contributed by atoms with van der Waals surface area (Å²) < 4.78 is 2.45. The van der Waals surface area contributed by atoms with Gasteiger partial charge in [-0.2, -0.15) is 5.10 Å². The van der Waals surface area contributed by atoms with Crippen molar-refractivity contribution in [1.29, 1.82) is 0 Å². The van der Waals surface area contributed by atoms with Crippen molar-refractivity contribution in [3.05, 3.63) is 67.1 Å². The molecule has 1 N–H and O–H groups in total. The molecule has 0 saturated heterocycles. The van der Waals surface area contributed by atoms with Crippen LogP contribution in [0.4, 0.5) is 0 Å². The van der Waals surface area contributed by atoms with E-state index >= 15 is 0 Å². The van der Waals surface area contributed by atoms with Crippen LogP contribution in [0.1, 0.15) is 16.2 Å². The third-order valence-corrected chi connectivity index (χ3v) is 7.16. The molecule has 0 aliphatic heterocycles. The van der Waals surface area contributed by atoms with Gasteiger partial charge in [0, 0.05) is 22.7 Å². The van der Waals surface area contributed by atoms with Gasteiger partial charge in [-0.25, -0.2) is 0 Å². The smallest absolute Gasteiger partial charge is 0.225 e. The third-order valence-electron chi connectivity index (χ3n) is 4.26. The van der Waals surface area contributed by atoms with Gasteiger partial charge in [-0.1, -0.05) is 18.2 Å². The first-order valence-corrected chi connectivity index (χ1v) is 11.8. The van der Waals surface area contributed by atoms with E-state index in [1.807, 2.05) is 49.9 Å². The summed E-state index contributed by atoms with van der Waals surface area (Å²) in [5, 5.41) is 13.3. The fraction of sp³-hybridized carbons (Fsp3) is 0.211. The van der Waals surface area contributed by atoms with Crippen molar-refractivity contribution < 1.29 is 4.79 Å². The Kier molecular flexibility index (Phi) is 6.16. The quantitative estimate of drug-likeness (QED) is 0.368. The minimum Gasteiger partial charge on any atom is -0.332 e. The fourth-order valence-corrected chi connectivity index (χ4v) is 5.28. The Morgan fingerprint density at radius 2 is 1.68 bits per heavy atom. The molecule has 0 bridgehead atoms. The molecule has 0 unspecified atom stereocenters.